The first kappa shape index (κ1) is 18.3. The van der Waals surface area contributed by atoms with Crippen molar-refractivity contribution >= 4 is 11.7 Å². The zero-order chi connectivity index (χ0) is 19.5. The second kappa shape index (κ2) is 7.90. The minimum absolute atomic E-state index is 0.0163. The molecule has 0 bridgehead atoms. The molecule has 6 nitrogen and oxygen atoms in total. The maximum absolute atomic E-state index is 13.0. The SMILES string of the molecule is Cn1cc(-c2ccnc(NC(=O)C3CCN(Cc4ccc(F)cc4)C3)c2)cn1. The lowest BCUT2D eigenvalue weighted by Gasteiger charge is -2.16. The summed E-state index contributed by atoms with van der Waals surface area (Å²) in [5.74, 6) is 0.216. The number of hydrogen-bond acceptors (Lipinski definition) is 4. The number of rotatable bonds is 5. The number of carbonyl (C=O) groups excluding carboxylic acids is 1. The molecular formula is C21H22FN5O. The van der Waals surface area contributed by atoms with Crippen molar-refractivity contribution in [3.63, 3.8) is 0 Å². The van der Waals surface area contributed by atoms with Gasteiger partial charge in [0, 0.05) is 38.1 Å². The highest BCUT2D eigenvalue weighted by molar-refractivity contribution is 5.92. The van der Waals surface area contributed by atoms with Crippen LogP contribution in [-0.4, -0.2) is 38.7 Å². The highest BCUT2D eigenvalue weighted by Gasteiger charge is 2.28. The molecule has 3 heterocycles. The molecule has 3 aromatic rings. The molecule has 1 N–H and O–H groups in total. The van der Waals surface area contributed by atoms with E-state index in [-0.39, 0.29) is 17.6 Å². The number of nitrogens with one attached hydrogen (secondary N) is 1. The Labute approximate surface area is 163 Å². The summed E-state index contributed by atoms with van der Waals surface area (Å²) in [6.07, 6.45) is 6.19. The average Bonchev–Trinajstić information content (AvgIpc) is 3.33. The lowest BCUT2D eigenvalue weighted by atomic mass is 10.1. The zero-order valence-corrected chi connectivity index (χ0v) is 15.7. The van der Waals surface area contributed by atoms with Crippen LogP contribution >= 0.6 is 0 Å². The van der Waals surface area contributed by atoms with Crippen LogP contribution in [0, 0.1) is 11.7 Å². The molecule has 0 radical (unpaired) electrons. The number of aryl methyl sites for hydroxylation is 1. The molecule has 1 aromatic carbocycles. The van der Waals surface area contributed by atoms with Gasteiger partial charge in [-0.25, -0.2) is 9.37 Å². The van der Waals surface area contributed by atoms with Crippen LogP contribution in [0.1, 0.15) is 12.0 Å². The lowest BCUT2D eigenvalue weighted by molar-refractivity contribution is -0.119. The normalized spacial score (nSPS) is 17.0. The second-order valence-electron chi connectivity index (χ2n) is 7.17. The molecule has 0 spiro atoms. The summed E-state index contributed by atoms with van der Waals surface area (Å²) >= 11 is 0. The summed E-state index contributed by atoms with van der Waals surface area (Å²) in [5, 5.41) is 7.12. The van der Waals surface area contributed by atoms with Gasteiger partial charge in [0.1, 0.15) is 11.6 Å². The Hall–Kier alpha value is -3.06. The number of hydrogen-bond donors (Lipinski definition) is 1. The molecule has 0 saturated carbocycles. The fraction of sp³-hybridized carbons (Fsp3) is 0.286. The van der Waals surface area contributed by atoms with Crippen molar-refractivity contribution in [1.82, 2.24) is 19.7 Å². The summed E-state index contributed by atoms with van der Waals surface area (Å²) in [6.45, 7) is 2.25. The molecule has 1 aliphatic rings. The standard InChI is InChI=1S/C21H22FN5O/c1-26-13-18(11-24-26)16-6-8-23-20(10-16)25-21(28)17-7-9-27(14-17)12-15-2-4-19(22)5-3-15/h2-6,8,10-11,13,17H,7,9,12,14H2,1H3,(H,23,25,28). The number of nitrogens with zero attached hydrogens (tertiary/aromatic N) is 4. The van der Waals surface area contributed by atoms with Crippen LogP contribution in [0.15, 0.2) is 55.0 Å². The van der Waals surface area contributed by atoms with Crippen LogP contribution in [0.2, 0.25) is 0 Å². The van der Waals surface area contributed by atoms with Crippen molar-refractivity contribution < 1.29 is 9.18 Å². The molecule has 4 rings (SSSR count). The van der Waals surface area contributed by atoms with Gasteiger partial charge in [-0.3, -0.25) is 14.4 Å². The van der Waals surface area contributed by atoms with Gasteiger partial charge in [0.2, 0.25) is 5.91 Å². The Balaban J connectivity index is 1.36. The molecular weight excluding hydrogens is 357 g/mol. The van der Waals surface area contributed by atoms with E-state index < -0.39 is 0 Å². The first-order valence-corrected chi connectivity index (χ1v) is 9.29. The molecule has 144 valence electrons. The van der Waals surface area contributed by atoms with Gasteiger partial charge < -0.3 is 5.32 Å². The van der Waals surface area contributed by atoms with Gasteiger partial charge in [-0.1, -0.05) is 12.1 Å². The number of benzene rings is 1. The van der Waals surface area contributed by atoms with E-state index in [1.165, 1.54) is 12.1 Å². The Morgan fingerprint density at radius 2 is 2.07 bits per heavy atom. The number of pyridine rings is 1. The van der Waals surface area contributed by atoms with E-state index >= 15 is 0 Å². The molecule has 28 heavy (non-hydrogen) atoms. The minimum atomic E-state index is -0.233. The van der Waals surface area contributed by atoms with Crippen molar-refractivity contribution in [3.05, 3.63) is 66.4 Å². The Kier molecular flexibility index (Phi) is 5.16. The van der Waals surface area contributed by atoms with Gasteiger partial charge in [-0.2, -0.15) is 5.10 Å². The van der Waals surface area contributed by atoms with Gasteiger partial charge >= 0.3 is 0 Å². The van der Waals surface area contributed by atoms with Crippen LogP contribution in [-0.2, 0) is 18.4 Å². The summed E-state index contributed by atoms with van der Waals surface area (Å²) in [4.78, 5) is 19.2. The van der Waals surface area contributed by atoms with Gasteiger partial charge in [0.05, 0.1) is 12.1 Å². The summed E-state index contributed by atoms with van der Waals surface area (Å²) in [7, 11) is 1.87. The van der Waals surface area contributed by atoms with E-state index in [4.69, 9.17) is 0 Å². The largest absolute Gasteiger partial charge is 0.310 e. The maximum Gasteiger partial charge on any atom is 0.229 e. The predicted molar refractivity (Wildman–Crippen MR) is 105 cm³/mol. The van der Waals surface area contributed by atoms with E-state index in [0.717, 1.165) is 36.2 Å². The molecule has 1 unspecified atom stereocenters. The van der Waals surface area contributed by atoms with Crippen LogP contribution in [0.25, 0.3) is 11.1 Å². The van der Waals surface area contributed by atoms with Crippen molar-refractivity contribution in [1.29, 1.82) is 0 Å². The molecule has 1 amide bonds. The van der Waals surface area contributed by atoms with Crippen LogP contribution < -0.4 is 5.32 Å². The Morgan fingerprint density at radius 1 is 1.25 bits per heavy atom. The first-order valence-electron chi connectivity index (χ1n) is 9.29. The number of aromatic nitrogens is 3. The van der Waals surface area contributed by atoms with Crippen LogP contribution in [0.4, 0.5) is 10.2 Å². The topological polar surface area (TPSA) is 63.1 Å². The molecule has 1 fully saturated rings. The van der Waals surface area contributed by atoms with Crippen molar-refractivity contribution in [3.8, 4) is 11.1 Å². The van der Waals surface area contributed by atoms with E-state index in [1.807, 2.05) is 25.4 Å². The van der Waals surface area contributed by atoms with E-state index in [2.05, 4.69) is 20.3 Å². The number of carbonyl (C=O) groups is 1. The van der Waals surface area contributed by atoms with Gasteiger partial charge in [0.15, 0.2) is 0 Å². The fourth-order valence-electron chi connectivity index (χ4n) is 3.52. The quantitative estimate of drug-likeness (QED) is 0.740. The molecule has 1 aliphatic heterocycles. The summed E-state index contributed by atoms with van der Waals surface area (Å²) in [6, 6.07) is 10.3. The van der Waals surface area contributed by atoms with Crippen LogP contribution in [0.5, 0.6) is 0 Å². The Bertz CT molecular complexity index is 969. The van der Waals surface area contributed by atoms with Crippen molar-refractivity contribution in [2.24, 2.45) is 13.0 Å². The van der Waals surface area contributed by atoms with Crippen LogP contribution in [0.3, 0.4) is 0 Å². The highest BCUT2D eigenvalue weighted by atomic mass is 19.1. The third-order valence-electron chi connectivity index (χ3n) is 5.01. The molecule has 2 aromatic heterocycles. The van der Waals surface area contributed by atoms with E-state index in [9.17, 15) is 9.18 Å². The van der Waals surface area contributed by atoms with Crippen molar-refractivity contribution in [2.75, 3.05) is 18.4 Å². The van der Waals surface area contributed by atoms with Gasteiger partial charge in [-0.05, 0) is 48.4 Å². The zero-order valence-electron chi connectivity index (χ0n) is 15.7. The van der Waals surface area contributed by atoms with Crippen molar-refractivity contribution in [2.45, 2.75) is 13.0 Å². The maximum atomic E-state index is 13.0. The summed E-state index contributed by atoms with van der Waals surface area (Å²) < 4.78 is 14.8. The van der Waals surface area contributed by atoms with Gasteiger partial charge in [0.25, 0.3) is 0 Å². The summed E-state index contributed by atoms with van der Waals surface area (Å²) in [5.41, 5.74) is 2.99. The lowest BCUT2D eigenvalue weighted by Crippen LogP contribution is -2.27. The average molecular weight is 379 g/mol. The minimum Gasteiger partial charge on any atom is -0.310 e. The molecule has 1 saturated heterocycles. The fourth-order valence-corrected chi connectivity index (χ4v) is 3.52. The second-order valence-corrected chi connectivity index (χ2v) is 7.17. The predicted octanol–water partition coefficient (Wildman–Crippen LogP) is 3.08. The van der Waals surface area contributed by atoms with Gasteiger partial charge in [-0.15, -0.1) is 0 Å². The third-order valence-corrected chi connectivity index (χ3v) is 5.01. The molecule has 1 atom stereocenters. The molecule has 7 heteroatoms. The highest BCUT2D eigenvalue weighted by Crippen LogP contribution is 2.23. The number of amides is 1. The number of halogens is 1. The van der Waals surface area contributed by atoms with E-state index in [0.29, 0.717) is 12.4 Å². The number of anilines is 1. The monoisotopic (exact) mass is 379 g/mol. The molecule has 0 aliphatic carbocycles. The Morgan fingerprint density at radius 3 is 2.82 bits per heavy atom. The van der Waals surface area contributed by atoms with E-state index in [1.54, 1.807) is 29.2 Å². The first-order chi connectivity index (χ1) is 13.6. The smallest absolute Gasteiger partial charge is 0.229 e. The number of likely N-dealkylation sites (tertiary alicyclic amines) is 1. The third kappa shape index (κ3) is 4.26.